The summed E-state index contributed by atoms with van der Waals surface area (Å²) in [6.45, 7) is 5.11. The summed E-state index contributed by atoms with van der Waals surface area (Å²) >= 11 is 0. The number of H-pyrrole nitrogens is 1. The van der Waals surface area contributed by atoms with Crippen LogP contribution >= 0.6 is 0 Å². The van der Waals surface area contributed by atoms with E-state index in [4.69, 9.17) is 5.11 Å². The molecule has 0 unspecified atom stereocenters. The molecule has 0 bridgehead atoms. The molecule has 3 N–H and O–H groups in total. The Labute approximate surface area is 76.2 Å². The number of rotatable bonds is 2. The predicted octanol–water partition coefficient (Wildman–Crippen LogP) is 0.346. The minimum Gasteiger partial charge on any atom is -0.384 e. The normalized spacial score (nSPS) is 12.6. The molecule has 1 atom stereocenters. The van der Waals surface area contributed by atoms with Crippen LogP contribution in [0.25, 0.3) is 0 Å². The molecular weight excluding hydrogens is 170 g/mol. The van der Waals surface area contributed by atoms with Crippen molar-refractivity contribution in [3.8, 4) is 0 Å². The number of carbonyl (C=O) groups excluding carboxylic acids is 1. The number of nitrogens with zero attached hydrogens (tertiary/aromatic N) is 1. The van der Waals surface area contributed by atoms with E-state index in [1.165, 1.54) is 6.92 Å². The van der Waals surface area contributed by atoms with Crippen LogP contribution < -0.4 is 5.32 Å². The van der Waals surface area contributed by atoms with Crippen LogP contribution in [0.1, 0.15) is 18.2 Å². The summed E-state index contributed by atoms with van der Waals surface area (Å²) in [5, 5.41) is 18.0. The Kier molecular flexibility index (Phi) is 2.67. The maximum atomic E-state index is 11.1. The van der Waals surface area contributed by atoms with Gasteiger partial charge in [0.1, 0.15) is 6.10 Å². The Morgan fingerprint density at radius 1 is 1.62 bits per heavy atom. The van der Waals surface area contributed by atoms with E-state index in [0.717, 1.165) is 11.3 Å². The van der Waals surface area contributed by atoms with Crippen LogP contribution in [0.4, 0.5) is 5.82 Å². The number of aromatic amines is 1. The second-order valence-electron chi connectivity index (χ2n) is 2.99. The average Bonchev–Trinajstić information content (AvgIpc) is 2.36. The van der Waals surface area contributed by atoms with E-state index in [0.29, 0.717) is 5.82 Å². The van der Waals surface area contributed by atoms with Crippen LogP contribution in [0.5, 0.6) is 0 Å². The van der Waals surface area contributed by atoms with Gasteiger partial charge in [-0.05, 0) is 20.8 Å². The zero-order valence-corrected chi connectivity index (χ0v) is 7.88. The van der Waals surface area contributed by atoms with Crippen molar-refractivity contribution in [1.82, 2.24) is 10.2 Å². The largest absolute Gasteiger partial charge is 0.384 e. The minimum absolute atomic E-state index is 0.449. The van der Waals surface area contributed by atoms with Gasteiger partial charge in [0.15, 0.2) is 5.82 Å². The number of hydrogen-bond donors (Lipinski definition) is 3. The highest BCUT2D eigenvalue weighted by Gasteiger charge is 2.12. The number of carbonyl (C=O) groups is 1. The molecule has 0 saturated carbocycles. The third-order valence-electron chi connectivity index (χ3n) is 1.87. The lowest BCUT2D eigenvalue weighted by Crippen LogP contribution is -2.24. The molecule has 0 aromatic carbocycles. The predicted molar refractivity (Wildman–Crippen MR) is 48.4 cm³/mol. The number of amides is 1. The van der Waals surface area contributed by atoms with Crippen molar-refractivity contribution in [3.05, 3.63) is 11.3 Å². The third kappa shape index (κ3) is 2.06. The van der Waals surface area contributed by atoms with Gasteiger partial charge < -0.3 is 10.4 Å². The lowest BCUT2D eigenvalue weighted by atomic mass is 10.2. The summed E-state index contributed by atoms with van der Waals surface area (Å²) in [6.07, 6.45) is -1.02. The Hall–Kier alpha value is -1.36. The number of aliphatic hydroxyl groups excluding tert-OH is 1. The topological polar surface area (TPSA) is 78.0 Å². The van der Waals surface area contributed by atoms with Crippen LogP contribution in [0.2, 0.25) is 0 Å². The van der Waals surface area contributed by atoms with Gasteiger partial charge in [-0.1, -0.05) is 0 Å². The summed E-state index contributed by atoms with van der Waals surface area (Å²) in [6, 6.07) is 0. The third-order valence-corrected chi connectivity index (χ3v) is 1.87. The molecule has 1 rings (SSSR count). The van der Waals surface area contributed by atoms with Crippen LogP contribution in [-0.2, 0) is 4.79 Å². The van der Waals surface area contributed by atoms with E-state index < -0.39 is 12.0 Å². The highest BCUT2D eigenvalue weighted by molar-refractivity contribution is 5.93. The highest BCUT2D eigenvalue weighted by atomic mass is 16.3. The van der Waals surface area contributed by atoms with Crippen LogP contribution in [0.15, 0.2) is 0 Å². The molecule has 5 heteroatoms. The molecule has 0 aliphatic rings. The number of aromatic nitrogens is 2. The quantitative estimate of drug-likeness (QED) is 0.619. The molecular formula is C8H13N3O2. The van der Waals surface area contributed by atoms with Gasteiger partial charge in [0.05, 0.1) is 0 Å². The fourth-order valence-electron chi connectivity index (χ4n) is 0.828. The van der Waals surface area contributed by atoms with Crippen molar-refractivity contribution in [3.63, 3.8) is 0 Å². The van der Waals surface area contributed by atoms with Gasteiger partial charge in [-0.25, -0.2) is 0 Å². The van der Waals surface area contributed by atoms with E-state index in [-0.39, 0.29) is 0 Å². The Morgan fingerprint density at radius 2 is 2.23 bits per heavy atom. The monoisotopic (exact) mass is 183 g/mol. The molecule has 0 saturated heterocycles. The molecule has 13 heavy (non-hydrogen) atoms. The fraction of sp³-hybridized carbons (Fsp3) is 0.500. The second-order valence-corrected chi connectivity index (χ2v) is 2.99. The molecule has 0 spiro atoms. The fourth-order valence-corrected chi connectivity index (χ4v) is 0.828. The lowest BCUT2D eigenvalue weighted by molar-refractivity contribution is -0.123. The zero-order valence-electron chi connectivity index (χ0n) is 7.88. The van der Waals surface area contributed by atoms with Crippen molar-refractivity contribution < 1.29 is 9.90 Å². The van der Waals surface area contributed by atoms with Gasteiger partial charge in [0, 0.05) is 11.3 Å². The first-order valence-electron chi connectivity index (χ1n) is 4.03. The Balaban J connectivity index is 2.75. The van der Waals surface area contributed by atoms with Crippen molar-refractivity contribution in [1.29, 1.82) is 0 Å². The summed E-state index contributed by atoms with van der Waals surface area (Å²) in [5.74, 6) is 0.0259. The molecule has 1 aromatic heterocycles. The van der Waals surface area contributed by atoms with Gasteiger partial charge in [-0.2, -0.15) is 5.10 Å². The van der Waals surface area contributed by atoms with E-state index in [1.54, 1.807) is 0 Å². The van der Waals surface area contributed by atoms with Gasteiger partial charge in [-0.3, -0.25) is 9.89 Å². The molecule has 0 radical (unpaired) electrons. The second kappa shape index (κ2) is 3.57. The number of aryl methyl sites for hydroxylation is 1. The van der Waals surface area contributed by atoms with Gasteiger partial charge in [-0.15, -0.1) is 0 Å². The van der Waals surface area contributed by atoms with Gasteiger partial charge in [0.2, 0.25) is 0 Å². The van der Waals surface area contributed by atoms with E-state index >= 15 is 0 Å². The van der Waals surface area contributed by atoms with Crippen molar-refractivity contribution in [2.24, 2.45) is 0 Å². The first-order chi connectivity index (χ1) is 6.02. The Bertz CT molecular complexity index is 317. The highest BCUT2D eigenvalue weighted by Crippen LogP contribution is 2.13. The first-order valence-corrected chi connectivity index (χ1v) is 4.03. The Morgan fingerprint density at radius 3 is 2.62 bits per heavy atom. The molecule has 1 heterocycles. The zero-order chi connectivity index (χ0) is 10.0. The van der Waals surface area contributed by atoms with Crippen molar-refractivity contribution in [2.75, 3.05) is 5.32 Å². The molecule has 0 aliphatic heterocycles. The molecule has 72 valence electrons. The summed E-state index contributed by atoms with van der Waals surface area (Å²) in [7, 11) is 0. The molecule has 5 nitrogen and oxygen atoms in total. The summed E-state index contributed by atoms with van der Waals surface area (Å²) in [4.78, 5) is 11.1. The van der Waals surface area contributed by atoms with Crippen molar-refractivity contribution >= 4 is 11.7 Å². The SMILES string of the molecule is Cc1[nH]nc(NC(=O)[C@H](C)O)c1C. The number of aliphatic hydroxyl groups is 1. The molecule has 1 amide bonds. The van der Waals surface area contributed by atoms with Crippen molar-refractivity contribution in [2.45, 2.75) is 26.9 Å². The summed E-state index contributed by atoms with van der Waals surface area (Å²) in [5.41, 5.74) is 1.79. The van der Waals surface area contributed by atoms with Gasteiger partial charge in [0.25, 0.3) is 5.91 Å². The van der Waals surface area contributed by atoms with Crippen LogP contribution in [-0.4, -0.2) is 27.3 Å². The summed E-state index contributed by atoms with van der Waals surface area (Å²) < 4.78 is 0. The number of hydrogen-bond acceptors (Lipinski definition) is 3. The maximum Gasteiger partial charge on any atom is 0.254 e. The van der Waals surface area contributed by atoms with Crippen LogP contribution in [0.3, 0.4) is 0 Å². The number of anilines is 1. The maximum absolute atomic E-state index is 11.1. The molecule has 0 aliphatic carbocycles. The number of nitrogens with one attached hydrogen (secondary N) is 2. The molecule has 1 aromatic rings. The average molecular weight is 183 g/mol. The first kappa shape index (κ1) is 9.73. The van der Waals surface area contributed by atoms with Crippen LogP contribution in [0, 0.1) is 13.8 Å². The van der Waals surface area contributed by atoms with Gasteiger partial charge >= 0.3 is 0 Å². The smallest absolute Gasteiger partial charge is 0.254 e. The van der Waals surface area contributed by atoms with E-state index in [2.05, 4.69) is 15.5 Å². The van der Waals surface area contributed by atoms with E-state index in [1.807, 2.05) is 13.8 Å². The molecule has 0 fully saturated rings. The van der Waals surface area contributed by atoms with E-state index in [9.17, 15) is 4.79 Å². The minimum atomic E-state index is -1.02. The lowest BCUT2D eigenvalue weighted by Gasteiger charge is -2.04. The standard InChI is InChI=1S/C8H13N3O2/c1-4-5(2)10-11-7(4)9-8(13)6(3)12/h6,12H,1-3H3,(H2,9,10,11,13)/t6-/m0/s1.